The molecule has 0 aliphatic rings. The Bertz CT molecular complexity index is 987. The van der Waals surface area contributed by atoms with Crippen molar-refractivity contribution in [1.29, 1.82) is 0 Å². The van der Waals surface area contributed by atoms with Crippen LogP contribution in [0.2, 0.25) is 0 Å². The second-order valence-electron chi connectivity index (χ2n) is 6.37. The summed E-state index contributed by atoms with van der Waals surface area (Å²) < 4.78 is 42.7. The molecule has 0 saturated carbocycles. The first kappa shape index (κ1) is 23.5. The third kappa shape index (κ3) is 5.22. The van der Waals surface area contributed by atoms with Crippen LogP contribution in [0.1, 0.15) is 19.4 Å². The molecule has 0 heterocycles. The molecule has 1 N–H and O–H groups in total. The van der Waals surface area contributed by atoms with Gasteiger partial charge in [-0.2, -0.15) is 4.31 Å². The van der Waals surface area contributed by atoms with E-state index in [1.54, 1.807) is 32.0 Å². The van der Waals surface area contributed by atoms with E-state index in [9.17, 15) is 13.2 Å². The van der Waals surface area contributed by atoms with E-state index < -0.39 is 10.0 Å². The number of amides is 1. The van der Waals surface area contributed by atoms with Gasteiger partial charge in [-0.15, -0.1) is 0 Å². The Morgan fingerprint density at radius 2 is 1.50 bits per heavy atom. The van der Waals surface area contributed by atoms with Gasteiger partial charge in [0, 0.05) is 13.1 Å². The Balaban J connectivity index is 2.28. The van der Waals surface area contributed by atoms with Crippen molar-refractivity contribution in [3.63, 3.8) is 0 Å². The predicted octanol–water partition coefficient (Wildman–Crippen LogP) is 2.92. The monoisotopic (exact) mass is 436 g/mol. The summed E-state index contributed by atoms with van der Waals surface area (Å²) >= 11 is 0. The van der Waals surface area contributed by atoms with Crippen LogP contribution >= 0.6 is 0 Å². The van der Waals surface area contributed by atoms with Crippen molar-refractivity contribution < 1.29 is 27.4 Å². The highest BCUT2D eigenvalue weighted by Gasteiger charge is 2.23. The number of methoxy groups -OCH3 is 3. The summed E-state index contributed by atoms with van der Waals surface area (Å²) in [5.41, 5.74) is 1.01. The Kier molecular flexibility index (Phi) is 8.08. The molecule has 8 nitrogen and oxygen atoms in total. The molecule has 9 heteroatoms. The molecule has 0 saturated heterocycles. The average molecular weight is 437 g/mol. The van der Waals surface area contributed by atoms with E-state index in [-0.39, 0.29) is 22.9 Å². The van der Waals surface area contributed by atoms with E-state index in [1.807, 2.05) is 0 Å². The minimum absolute atomic E-state index is 0.0660. The molecule has 2 aromatic carbocycles. The van der Waals surface area contributed by atoms with E-state index in [0.717, 1.165) is 5.56 Å². The maximum absolute atomic E-state index is 12.8. The fraction of sp³-hybridized carbons (Fsp3) is 0.381. The Morgan fingerprint density at radius 3 is 2.07 bits per heavy atom. The van der Waals surface area contributed by atoms with Crippen LogP contribution in [0.4, 0.5) is 5.69 Å². The van der Waals surface area contributed by atoms with Gasteiger partial charge in [0.1, 0.15) is 5.75 Å². The maximum Gasteiger partial charge on any atom is 0.243 e. The average Bonchev–Trinajstić information content (AvgIpc) is 2.74. The van der Waals surface area contributed by atoms with Gasteiger partial charge in [-0.05, 0) is 35.9 Å². The fourth-order valence-corrected chi connectivity index (χ4v) is 4.51. The van der Waals surface area contributed by atoms with Gasteiger partial charge in [0.2, 0.25) is 15.9 Å². The number of hydrogen-bond donors (Lipinski definition) is 1. The maximum atomic E-state index is 12.8. The lowest BCUT2D eigenvalue weighted by molar-refractivity contribution is -0.115. The van der Waals surface area contributed by atoms with Gasteiger partial charge in [-0.25, -0.2) is 8.42 Å². The zero-order valence-electron chi connectivity index (χ0n) is 17.9. The zero-order valence-corrected chi connectivity index (χ0v) is 18.7. The molecule has 0 atom stereocenters. The molecular weight excluding hydrogens is 408 g/mol. The molecule has 30 heavy (non-hydrogen) atoms. The van der Waals surface area contributed by atoms with Gasteiger partial charge in [-0.1, -0.05) is 19.9 Å². The number of nitrogens with zero attached hydrogens (tertiary/aromatic N) is 1. The van der Waals surface area contributed by atoms with Crippen LogP contribution in [-0.2, 0) is 21.2 Å². The minimum atomic E-state index is -3.66. The van der Waals surface area contributed by atoms with Gasteiger partial charge in [0.15, 0.2) is 11.5 Å². The molecule has 0 aliphatic carbocycles. The van der Waals surface area contributed by atoms with Crippen molar-refractivity contribution >= 4 is 21.6 Å². The van der Waals surface area contributed by atoms with Gasteiger partial charge >= 0.3 is 0 Å². The molecule has 0 unspecified atom stereocenters. The standard InChI is InChI=1S/C21H28N2O6S/c1-6-23(7-2)30(25,26)16-9-11-18(27-3)17(14-16)22-21(24)13-15-8-10-19(28-4)20(12-15)29-5/h8-12,14H,6-7,13H2,1-5H3,(H,22,24). The number of hydrogen-bond acceptors (Lipinski definition) is 6. The lowest BCUT2D eigenvalue weighted by Crippen LogP contribution is -2.30. The second kappa shape index (κ2) is 10.3. The third-order valence-electron chi connectivity index (χ3n) is 4.60. The van der Waals surface area contributed by atoms with Crippen molar-refractivity contribution in [2.45, 2.75) is 25.2 Å². The smallest absolute Gasteiger partial charge is 0.243 e. The number of sulfonamides is 1. The Hall–Kier alpha value is -2.78. The Labute approximate surface area is 177 Å². The Morgan fingerprint density at radius 1 is 0.900 bits per heavy atom. The number of ether oxygens (including phenoxy) is 3. The van der Waals surface area contributed by atoms with E-state index in [2.05, 4.69) is 5.32 Å². The number of benzene rings is 2. The molecule has 0 radical (unpaired) electrons. The molecule has 2 aromatic rings. The van der Waals surface area contributed by atoms with Crippen molar-refractivity contribution in [1.82, 2.24) is 4.31 Å². The zero-order chi connectivity index (χ0) is 22.3. The van der Waals surface area contributed by atoms with Crippen molar-refractivity contribution in [3.8, 4) is 17.2 Å². The molecule has 0 spiro atoms. The summed E-state index contributed by atoms with van der Waals surface area (Å²) in [5, 5.41) is 2.74. The number of rotatable bonds is 10. The fourth-order valence-electron chi connectivity index (χ4n) is 3.03. The van der Waals surface area contributed by atoms with E-state index in [1.165, 1.54) is 43.8 Å². The SMILES string of the molecule is CCN(CC)S(=O)(=O)c1ccc(OC)c(NC(=O)Cc2ccc(OC)c(OC)c2)c1. The number of nitrogens with one attached hydrogen (secondary N) is 1. The predicted molar refractivity (Wildman–Crippen MR) is 115 cm³/mol. The molecule has 0 fully saturated rings. The highest BCUT2D eigenvalue weighted by atomic mass is 32.2. The van der Waals surface area contributed by atoms with Gasteiger partial charge in [-0.3, -0.25) is 4.79 Å². The summed E-state index contributed by atoms with van der Waals surface area (Å²) in [6, 6.07) is 9.62. The molecule has 0 bridgehead atoms. The van der Waals surface area contributed by atoms with Gasteiger partial charge < -0.3 is 19.5 Å². The van der Waals surface area contributed by atoms with E-state index >= 15 is 0 Å². The minimum Gasteiger partial charge on any atom is -0.495 e. The first-order valence-electron chi connectivity index (χ1n) is 9.49. The van der Waals surface area contributed by atoms with E-state index in [4.69, 9.17) is 14.2 Å². The lowest BCUT2D eigenvalue weighted by atomic mass is 10.1. The van der Waals surface area contributed by atoms with Crippen molar-refractivity contribution in [2.24, 2.45) is 0 Å². The van der Waals surface area contributed by atoms with Crippen LogP contribution in [0.15, 0.2) is 41.3 Å². The second-order valence-corrected chi connectivity index (χ2v) is 8.30. The molecule has 0 aliphatic heterocycles. The number of carbonyl (C=O) groups is 1. The number of carbonyl (C=O) groups excluding carboxylic acids is 1. The van der Waals surface area contributed by atoms with Gasteiger partial charge in [0.05, 0.1) is 38.3 Å². The van der Waals surface area contributed by atoms with Crippen LogP contribution < -0.4 is 19.5 Å². The molecule has 0 aromatic heterocycles. The van der Waals surface area contributed by atoms with Crippen molar-refractivity contribution in [2.75, 3.05) is 39.7 Å². The van der Waals surface area contributed by atoms with Crippen LogP contribution in [-0.4, -0.2) is 53.0 Å². The topological polar surface area (TPSA) is 94.2 Å². The summed E-state index contributed by atoms with van der Waals surface area (Å²) in [6.07, 6.45) is 0.0660. The summed E-state index contributed by atoms with van der Waals surface area (Å²) in [6.45, 7) is 4.25. The molecular formula is C21H28N2O6S. The van der Waals surface area contributed by atoms with Crippen LogP contribution in [0.25, 0.3) is 0 Å². The quantitative estimate of drug-likeness (QED) is 0.615. The van der Waals surface area contributed by atoms with Crippen LogP contribution in [0.5, 0.6) is 17.2 Å². The van der Waals surface area contributed by atoms with Gasteiger partial charge in [0.25, 0.3) is 0 Å². The normalized spacial score (nSPS) is 11.3. The summed E-state index contributed by atoms with van der Waals surface area (Å²) in [5.74, 6) is 1.14. The highest BCUT2D eigenvalue weighted by molar-refractivity contribution is 7.89. The van der Waals surface area contributed by atoms with E-state index in [0.29, 0.717) is 30.3 Å². The largest absolute Gasteiger partial charge is 0.495 e. The highest BCUT2D eigenvalue weighted by Crippen LogP contribution is 2.30. The summed E-state index contributed by atoms with van der Waals surface area (Å²) in [7, 11) is 0.852. The first-order valence-corrected chi connectivity index (χ1v) is 10.9. The molecule has 164 valence electrons. The first-order chi connectivity index (χ1) is 14.3. The lowest BCUT2D eigenvalue weighted by Gasteiger charge is -2.19. The summed E-state index contributed by atoms with van der Waals surface area (Å²) in [4.78, 5) is 12.7. The van der Waals surface area contributed by atoms with Crippen molar-refractivity contribution in [3.05, 3.63) is 42.0 Å². The number of anilines is 1. The molecule has 2 rings (SSSR count). The third-order valence-corrected chi connectivity index (χ3v) is 6.65. The molecule has 1 amide bonds. The van der Waals surface area contributed by atoms with Crippen LogP contribution in [0, 0.1) is 0 Å². The van der Waals surface area contributed by atoms with Crippen LogP contribution in [0.3, 0.4) is 0 Å².